The Bertz CT molecular complexity index is 860. The van der Waals surface area contributed by atoms with E-state index in [4.69, 9.17) is 9.47 Å². The van der Waals surface area contributed by atoms with Crippen LogP contribution in [-0.2, 0) is 20.1 Å². The maximum absolute atomic E-state index is 13.0. The third-order valence-corrected chi connectivity index (χ3v) is 5.31. The van der Waals surface area contributed by atoms with Crippen molar-refractivity contribution < 1.29 is 19.1 Å². The van der Waals surface area contributed by atoms with Crippen molar-refractivity contribution in [1.29, 1.82) is 0 Å². The van der Waals surface area contributed by atoms with Gasteiger partial charge in [-0.25, -0.2) is 0 Å². The second-order valence-electron chi connectivity index (χ2n) is 5.80. The molecular weight excluding hydrogens is 454 g/mol. The molecule has 1 fully saturated rings. The minimum absolute atomic E-state index is 0.0659. The van der Waals surface area contributed by atoms with E-state index in [1.54, 1.807) is 30.3 Å². The SMILES string of the molecule is O=C(CN1C(=O)C2(OCCO2)c2cc(Br)ccc21)c1ccc(Br)cc1. The van der Waals surface area contributed by atoms with Gasteiger partial charge in [0, 0.05) is 20.1 Å². The fourth-order valence-electron chi connectivity index (χ4n) is 3.13. The summed E-state index contributed by atoms with van der Waals surface area (Å²) in [5.74, 6) is -1.94. The number of benzene rings is 2. The molecule has 2 aromatic rings. The fourth-order valence-corrected chi connectivity index (χ4v) is 3.75. The van der Waals surface area contributed by atoms with Crippen LogP contribution >= 0.6 is 31.9 Å². The van der Waals surface area contributed by atoms with Gasteiger partial charge in [-0.3, -0.25) is 14.5 Å². The van der Waals surface area contributed by atoms with Crippen LogP contribution < -0.4 is 4.90 Å². The molecule has 7 heteroatoms. The Morgan fingerprint density at radius 3 is 2.36 bits per heavy atom. The summed E-state index contributed by atoms with van der Waals surface area (Å²) in [5.41, 5.74) is 1.82. The predicted octanol–water partition coefficient (Wildman–Crippen LogP) is 3.64. The summed E-state index contributed by atoms with van der Waals surface area (Å²) in [6, 6.07) is 12.5. The lowest BCUT2D eigenvalue weighted by atomic mass is 10.1. The zero-order valence-electron chi connectivity index (χ0n) is 13.0. The molecule has 4 rings (SSSR count). The Balaban J connectivity index is 1.70. The molecule has 2 aliphatic rings. The number of amides is 1. The van der Waals surface area contributed by atoms with Crippen LogP contribution in [0.3, 0.4) is 0 Å². The van der Waals surface area contributed by atoms with Gasteiger partial charge >= 0.3 is 0 Å². The number of halogens is 2. The van der Waals surface area contributed by atoms with Gasteiger partial charge < -0.3 is 9.47 Å². The topological polar surface area (TPSA) is 55.8 Å². The predicted molar refractivity (Wildman–Crippen MR) is 98.5 cm³/mol. The first-order valence-corrected chi connectivity index (χ1v) is 9.28. The first-order valence-electron chi connectivity index (χ1n) is 7.70. The number of carbonyl (C=O) groups excluding carboxylic acids is 2. The molecule has 2 aromatic carbocycles. The van der Waals surface area contributed by atoms with Crippen molar-refractivity contribution in [3.05, 3.63) is 62.5 Å². The number of nitrogens with zero attached hydrogens (tertiary/aromatic N) is 1. The number of Topliss-reactive ketones (excluding diaryl/α,β-unsaturated/α-hetero) is 1. The average Bonchev–Trinajstić information content (AvgIpc) is 3.17. The van der Waals surface area contributed by atoms with Gasteiger partial charge in [0.05, 0.1) is 25.4 Å². The maximum Gasteiger partial charge on any atom is 0.292 e. The molecule has 1 amide bonds. The average molecular weight is 467 g/mol. The third kappa shape index (κ3) is 2.75. The summed E-state index contributed by atoms with van der Waals surface area (Å²) in [6.45, 7) is 0.613. The molecule has 0 saturated carbocycles. The highest BCUT2D eigenvalue weighted by atomic mass is 79.9. The Morgan fingerprint density at radius 1 is 1.04 bits per heavy atom. The number of ketones is 1. The molecule has 0 aromatic heterocycles. The van der Waals surface area contributed by atoms with E-state index >= 15 is 0 Å². The third-order valence-electron chi connectivity index (χ3n) is 4.29. The van der Waals surface area contributed by atoms with Crippen LogP contribution in [0.2, 0.25) is 0 Å². The highest BCUT2D eigenvalue weighted by Crippen LogP contribution is 2.46. The van der Waals surface area contributed by atoms with Crippen molar-refractivity contribution in [2.75, 3.05) is 24.7 Å². The summed E-state index contributed by atoms with van der Waals surface area (Å²) in [7, 11) is 0. The number of fused-ring (bicyclic) bond motifs is 2. The summed E-state index contributed by atoms with van der Waals surface area (Å²) < 4.78 is 13.1. The van der Waals surface area contributed by atoms with E-state index in [0.29, 0.717) is 30.0 Å². The molecule has 2 heterocycles. The van der Waals surface area contributed by atoms with Crippen molar-refractivity contribution in [2.45, 2.75) is 5.79 Å². The van der Waals surface area contributed by atoms with Gasteiger partial charge in [0.1, 0.15) is 0 Å². The van der Waals surface area contributed by atoms with Crippen molar-refractivity contribution in [2.24, 2.45) is 0 Å². The lowest BCUT2D eigenvalue weighted by Crippen LogP contribution is -2.43. The Kier molecular flexibility index (Phi) is 4.27. The molecule has 0 unspecified atom stereocenters. The molecular formula is C18H13Br2NO4. The van der Waals surface area contributed by atoms with Crippen molar-refractivity contribution >= 4 is 49.2 Å². The number of hydrogen-bond acceptors (Lipinski definition) is 4. The van der Waals surface area contributed by atoms with Crippen molar-refractivity contribution in [3.8, 4) is 0 Å². The van der Waals surface area contributed by atoms with Gasteiger partial charge in [0.25, 0.3) is 11.7 Å². The largest absolute Gasteiger partial charge is 0.336 e. The number of hydrogen-bond donors (Lipinski definition) is 0. The molecule has 0 bridgehead atoms. The van der Waals surface area contributed by atoms with E-state index in [1.807, 2.05) is 12.1 Å². The van der Waals surface area contributed by atoms with Crippen LogP contribution in [0.15, 0.2) is 51.4 Å². The molecule has 2 aliphatic heterocycles. The van der Waals surface area contributed by atoms with Crippen LogP contribution in [0.5, 0.6) is 0 Å². The van der Waals surface area contributed by atoms with E-state index in [-0.39, 0.29) is 18.2 Å². The van der Waals surface area contributed by atoms with Crippen LogP contribution in [-0.4, -0.2) is 31.4 Å². The van der Waals surface area contributed by atoms with E-state index in [0.717, 1.165) is 8.95 Å². The maximum atomic E-state index is 13.0. The zero-order chi connectivity index (χ0) is 17.6. The molecule has 1 saturated heterocycles. The molecule has 0 radical (unpaired) electrons. The zero-order valence-corrected chi connectivity index (χ0v) is 16.2. The monoisotopic (exact) mass is 465 g/mol. The van der Waals surface area contributed by atoms with Gasteiger partial charge in [-0.2, -0.15) is 0 Å². The first-order chi connectivity index (χ1) is 12.0. The van der Waals surface area contributed by atoms with Gasteiger partial charge in [0.2, 0.25) is 0 Å². The minimum atomic E-state index is -1.43. The highest BCUT2D eigenvalue weighted by molar-refractivity contribution is 9.10. The van der Waals surface area contributed by atoms with E-state index in [1.165, 1.54) is 4.90 Å². The quantitative estimate of drug-likeness (QED) is 0.648. The van der Waals surface area contributed by atoms with Crippen LogP contribution in [0.25, 0.3) is 0 Å². The van der Waals surface area contributed by atoms with Gasteiger partial charge in [-0.15, -0.1) is 0 Å². The normalized spacial score (nSPS) is 18.0. The van der Waals surface area contributed by atoms with Crippen molar-refractivity contribution in [1.82, 2.24) is 0 Å². The number of ether oxygens (including phenoxy) is 2. The minimum Gasteiger partial charge on any atom is -0.336 e. The van der Waals surface area contributed by atoms with E-state index < -0.39 is 5.79 Å². The van der Waals surface area contributed by atoms with Gasteiger partial charge in [-0.1, -0.05) is 44.0 Å². The summed E-state index contributed by atoms with van der Waals surface area (Å²) in [5, 5.41) is 0. The fraction of sp³-hybridized carbons (Fsp3) is 0.222. The first kappa shape index (κ1) is 16.9. The smallest absolute Gasteiger partial charge is 0.292 e. The van der Waals surface area contributed by atoms with Crippen molar-refractivity contribution in [3.63, 3.8) is 0 Å². The molecule has 5 nitrogen and oxygen atoms in total. The Labute approximate surface area is 161 Å². The number of anilines is 1. The second-order valence-corrected chi connectivity index (χ2v) is 7.63. The number of carbonyl (C=O) groups is 2. The van der Waals surface area contributed by atoms with Gasteiger partial charge in [-0.05, 0) is 30.3 Å². The Hall–Kier alpha value is -1.54. The molecule has 0 N–H and O–H groups in total. The lowest BCUT2D eigenvalue weighted by Gasteiger charge is -2.21. The summed E-state index contributed by atoms with van der Waals surface area (Å²) >= 11 is 6.76. The van der Waals surface area contributed by atoms with Crippen LogP contribution in [0, 0.1) is 0 Å². The van der Waals surface area contributed by atoms with Crippen LogP contribution in [0.1, 0.15) is 15.9 Å². The molecule has 0 atom stereocenters. The lowest BCUT2D eigenvalue weighted by molar-refractivity contribution is -0.180. The molecule has 25 heavy (non-hydrogen) atoms. The summed E-state index contributed by atoms with van der Waals surface area (Å²) in [6.07, 6.45) is 0. The van der Waals surface area contributed by atoms with Crippen LogP contribution in [0.4, 0.5) is 5.69 Å². The highest BCUT2D eigenvalue weighted by Gasteiger charge is 2.56. The molecule has 128 valence electrons. The molecule has 0 aliphatic carbocycles. The molecule has 1 spiro atoms. The standard InChI is InChI=1S/C18H13Br2NO4/c19-12-3-1-11(2-4-12)16(22)10-21-15-6-5-13(20)9-14(15)18(17(21)23)24-7-8-25-18/h1-6,9H,7-8,10H2. The Morgan fingerprint density at radius 2 is 1.68 bits per heavy atom. The van der Waals surface area contributed by atoms with E-state index in [2.05, 4.69) is 31.9 Å². The van der Waals surface area contributed by atoms with E-state index in [9.17, 15) is 9.59 Å². The number of rotatable bonds is 3. The summed E-state index contributed by atoms with van der Waals surface area (Å²) in [4.78, 5) is 27.1. The van der Waals surface area contributed by atoms with Gasteiger partial charge in [0.15, 0.2) is 5.78 Å². The second kappa shape index (κ2) is 6.32.